The number of fused-ring (bicyclic) bond motifs is 1. The molecule has 0 radical (unpaired) electrons. The van der Waals surface area contributed by atoms with Gasteiger partial charge in [0.2, 0.25) is 0 Å². The van der Waals surface area contributed by atoms with E-state index in [0.717, 1.165) is 22.5 Å². The van der Waals surface area contributed by atoms with Gasteiger partial charge < -0.3 is 23.7 Å². The first kappa shape index (κ1) is 37.5. The maximum absolute atomic E-state index is 14.0. The largest absolute Gasteiger partial charge is 0.490 e. The molecule has 5 aromatic rings. The van der Waals surface area contributed by atoms with Crippen LogP contribution < -0.4 is 33.8 Å². The zero-order valence-electron chi connectivity index (χ0n) is 30.3. The first-order chi connectivity index (χ1) is 26.2. The molecule has 0 unspecified atom stereocenters. The van der Waals surface area contributed by atoms with Crippen LogP contribution in [-0.4, -0.2) is 35.3 Å². The molecule has 6 rings (SSSR count). The van der Waals surface area contributed by atoms with Crippen LogP contribution in [0.15, 0.2) is 106 Å². The van der Waals surface area contributed by atoms with Gasteiger partial charge in [0, 0.05) is 5.70 Å². The Morgan fingerprint density at radius 2 is 1.41 bits per heavy atom. The van der Waals surface area contributed by atoms with Gasteiger partial charge in [-0.25, -0.2) is 9.79 Å². The molecule has 0 saturated heterocycles. The maximum Gasteiger partial charge on any atom is 0.338 e. The third-order valence-electron chi connectivity index (χ3n) is 8.46. The Labute approximate surface area is 315 Å². The zero-order valence-corrected chi connectivity index (χ0v) is 31.1. The lowest BCUT2D eigenvalue weighted by Crippen LogP contribution is -2.35. The molecule has 0 saturated carbocycles. The quantitative estimate of drug-likeness (QED) is 0.0644. The van der Waals surface area contributed by atoms with Crippen molar-refractivity contribution in [1.82, 2.24) is 4.57 Å². The number of esters is 1. The lowest BCUT2D eigenvalue weighted by Gasteiger charge is -2.23. The molecule has 0 fully saturated rings. The Morgan fingerprint density at radius 1 is 0.815 bits per heavy atom. The summed E-state index contributed by atoms with van der Waals surface area (Å²) in [7, 11) is 0. The number of carbonyl (C=O) groups excluding carboxylic acids is 1. The first-order valence-corrected chi connectivity index (χ1v) is 18.3. The second kappa shape index (κ2) is 17.1. The van der Waals surface area contributed by atoms with Gasteiger partial charge in [-0.1, -0.05) is 78.1 Å². The molecule has 1 atom stereocenters. The third-order valence-corrected chi connectivity index (χ3v) is 9.45. The minimum absolute atomic E-state index is 0.00199. The molecule has 0 amide bonds. The molecule has 0 bridgehead atoms. The molecule has 4 aromatic carbocycles. The number of hydrogen-bond donors (Lipinski definition) is 0. The van der Waals surface area contributed by atoms with Crippen molar-refractivity contribution in [1.29, 1.82) is 0 Å². The minimum Gasteiger partial charge on any atom is -0.490 e. The Morgan fingerprint density at radius 3 is 2.00 bits per heavy atom. The summed E-state index contributed by atoms with van der Waals surface area (Å²) >= 11 is 1.10. The highest BCUT2D eigenvalue weighted by Crippen LogP contribution is 2.43. The number of hydrogen-bond acceptors (Lipinski definition) is 11. The molecule has 0 spiro atoms. The predicted octanol–water partition coefficient (Wildman–Crippen LogP) is 6.77. The van der Waals surface area contributed by atoms with Gasteiger partial charge in [0.25, 0.3) is 11.2 Å². The van der Waals surface area contributed by atoms with E-state index in [1.807, 2.05) is 73.7 Å². The van der Waals surface area contributed by atoms with Gasteiger partial charge >= 0.3 is 5.97 Å². The number of carbonyl (C=O) groups is 1. The molecule has 13 heteroatoms. The number of nitro benzene ring substituents is 1. The van der Waals surface area contributed by atoms with Gasteiger partial charge in [-0.05, 0) is 68.7 Å². The third kappa shape index (κ3) is 8.21. The van der Waals surface area contributed by atoms with E-state index in [4.69, 9.17) is 28.7 Å². The molecule has 0 aliphatic carbocycles. The van der Waals surface area contributed by atoms with Gasteiger partial charge in [-0.15, -0.1) is 0 Å². The van der Waals surface area contributed by atoms with Crippen molar-refractivity contribution in [2.45, 2.75) is 47.0 Å². The van der Waals surface area contributed by atoms with Crippen LogP contribution in [0.4, 0.5) is 5.69 Å². The lowest BCUT2D eigenvalue weighted by molar-refractivity contribution is -0.385. The van der Waals surface area contributed by atoms with Crippen molar-refractivity contribution in [3.05, 3.63) is 149 Å². The van der Waals surface area contributed by atoms with E-state index in [1.165, 1.54) is 16.7 Å². The summed E-state index contributed by atoms with van der Waals surface area (Å²) in [5.41, 5.74) is 2.14. The number of allylic oxidation sites excluding steroid dienone is 1. The van der Waals surface area contributed by atoms with Gasteiger partial charge in [-0.2, -0.15) is 0 Å². The van der Waals surface area contributed by atoms with Crippen LogP contribution in [0.2, 0.25) is 0 Å². The van der Waals surface area contributed by atoms with Crippen LogP contribution >= 0.6 is 11.3 Å². The number of ether oxygens (including phenoxy) is 5. The molecular formula is C41H39N3O9S. The average molecular weight is 750 g/mol. The minimum atomic E-state index is -1.19. The van der Waals surface area contributed by atoms with Crippen LogP contribution in [0.3, 0.4) is 0 Å². The van der Waals surface area contributed by atoms with Crippen molar-refractivity contribution in [3.8, 4) is 23.0 Å². The predicted molar refractivity (Wildman–Crippen MR) is 205 cm³/mol. The van der Waals surface area contributed by atoms with Gasteiger partial charge in [0.15, 0.2) is 27.8 Å². The fourth-order valence-corrected chi connectivity index (χ4v) is 7.03. The Kier molecular flexibility index (Phi) is 11.9. The number of nitro groups is 1. The number of thiazole rings is 1. The monoisotopic (exact) mass is 749 g/mol. The average Bonchev–Trinajstić information content (AvgIpc) is 3.49. The smallest absolute Gasteiger partial charge is 0.338 e. The molecule has 0 N–H and O–H groups in total. The molecule has 2 heterocycles. The van der Waals surface area contributed by atoms with Gasteiger partial charge in [0.1, 0.15) is 19.3 Å². The van der Waals surface area contributed by atoms with Crippen LogP contribution in [0.25, 0.3) is 11.8 Å². The standard InChI is InChI=1S/C41H39N3O9S/c1-5-49-33-20-29(18-19-32(33)52-24-27-14-10-8-11-15-27)21-36-39(45)43-26(4)37(40(46)51-7-3)38(42-41(43)54-36)30-22-34(50-6-2)35(23-31(30)44(47)48)53-25-28-16-12-9-13-17-28/h8-23,38H,5-7,24-25H2,1-4H3/b36-21-/t38-/m0/s1. The summed E-state index contributed by atoms with van der Waals surface area (Å²) in [5, 5.41) is 12.6. The molecule has 278 valence electrons. The van der Waals surface area contributed by atoms with Crippen molar-refractivity contribution in [2.75, 3.05) is 19.8 Å². The highest BCUT2D eigenvalue weighted by molar-refractivity contribution is 7.07. The highest BCUT2D eigenvalue weighted by atomic mass is 32.1. The molecule has 1 aliphatic heterocycles. The normalized spacial score (nSPS) is 13.9. The van der Waals surface area contributed by atoms with Crippen molar-refractivity contribution >= 4 is 34.8 Å². The topological polar surface area (TPSA) is 141 Å². The number of rotatable bonds is 15. The van der Waals surface area contributed by atoms with E-state index in [2.05, 4.69) is 0 Å². The molecule has 54 heavy (non-hydrogen) atoms. The van der Waals surface area contributed by atoms with Gasteiger partial charge in [0.05, 0.1) is 46.5 Å². The fraction of sp³-hybridized carbons (Fsp3) is 0.244. The van der Waals surface area contributed by atoms with E-state index in [1.54, 1.807) is 39.0 Å². The second-order valence-corrected chi connectivity index (χ2v) is 13.0. The van der Waals surface area contributed by atoms with Crippen molar-refractivity contribution < 1.29 is 33.4 Å². The van der Waals surface area contributed by atoms with Gasteiger partial charge in [-0.3, -0.25) is 19.5 Å². The summed E-state index contributed by atoms with van der Waals surface area (Å²) in [4.78, 5) is 44.7. The van der Waals surface area contributed by atoms with Crippen molar-refractivity contribution in [3.63, 3.8) is 0 Å². The highest BCUT2D eigenvalue weighted by Gasteiger charge is 2.36. The number of nitrogens with zero attached hydrogens (tertiary/aromatic N) is 3. The van der Waals surface area contributed by atoms with Crippen LogP contribution in [-0.2, 0) is 22.7 Å². The first-order valence-electron chi connectivity index (χ1n) is 17.5. The maximum atomic E-state index is 14.0. The SMILES string of the molecule is CCOC(=O)C1=C(C)n2c(s/c(=C\c3ccc(OCc4ccccc4)c(OCC)c3)c2=O)=N[C@H]1c1cc(OCC)c(OCc2ccccc2)cc1[N+](=O)[O-]. The summed E-state index contributed by atoms with van der Waals surface area (Å²) in [5.74, 6) is 0.734. The molecule has 1 aliphatic rings. The molecular weight excluding hydrogens is 711 g/mol. The summed E-state index contributed by atoms with van der Waals surface area (Å²) in [6.07, 6.45) is 1.71. The summed E-state index contributed by atoms with van der Waals surface area (Å²) in [6, 6.07) is 26.1. The lowest BCUT2D eigenvalue weighted by atomic mass is 9.94. The van der Waals surface area contributed by atoms with Crippen molar-refractivity contribution in [2.24, 2.45) is 4.99 Å². The Balaban J connectivity index is 1.44. The second-order valence-electron chi connectivity index (χ2n) is 12.0. The molecule has 1 aromatic heterocycles. The number of benzene rings is 4. The van der Waals surface area contributed by atoms with E-state index in [9.17, 15) is 19.7 Å². The zero-order chi connectivity index (χ0) is 38.2. The van der Waals surface area contributed by atoms with E-state index in [-0.39, 0.29) is 58.6 Å². The Bertz CT molecular complexity index is 2370. The van der Waals surface area contributed by atoms with E-state index >= 15 is 0 Å². The van der Waals surface area contributed by atoms with E-state index in [0.29, 0.717) is 34.8 Å². The van der Waals surface area contributed by atoms with Crippen LogP contribution in [0.5, 0.6) is 23.0 Å². The molecule has 12 nitrogen and oxygen atoms in total. The fourth-order valence-electron chi connectivity index (χ4n) is 5.99. The Hall–Kier alpha value is -6.21. The van der Waals surface area contributed by atoms with E-state index < -0.39 is 22.5 Å². The van der Waals surface area contributed by atoms with Crippen LogP contribution in [0, 0.1) is 10.1 Å². The van der Waals surface area contributed by atoms with Crippen LogP contribution in [0.1, 0.15) is 56.0 Å². The summed E-state index contributed by atoms with van der Waals surface area (Å²) < 4.78 is 30.9. The number of aromatic nitrogens is 1. The summed E-state index contributed by atoms with van der Waals surface area (Å²) in [6.45, 7) is 8.11.